The lowest BCUT2D eigenvalue weighted by atomic mass is 9.80. The smallest absolute Gasteiger partial charge is 0.477 e. The number of ether oxygens (including phenoxy) is 1. The largest absolute Gasteiger partial charge is 0.479 e. The van der Waals surface area contributed by atoms with Crippen molar-refractivity contribution in [1.29, 1.82) is 0 Å². The molecule has 1 aliphatic rings. The Kier molecular flexibility index (Phi) is 5.85. The van der Waals surface area contributed by atoms with Gasteiger partial charge in [-0.3, -0.25) is 13.6 Å². The summed E-state index contributed by atoms with van der Waals surface area (Å²) in [7, 11) is -3.88. The van der Waals surface area contributed by atoms with Crippen LogP contribution in [0.2, 0.25) is 0 Å². The number of carboxylic acid groups (broad SMARTS) is 1. The fourth-order valence-corrected chi connectivity index (χ4v) is 3.53. The molecule has 0 radical (unpaired) electrons. The molecule has 130 valence electrons. The van der Waals surface area contributed by atoms with Gasteiger partial charge in [0.25, 0.3) is 0 Å². The first-order valence-electron chi connectivity index (χ1n) is 7.30. The summed E-state index contributed by atoms with van der Waals surface area (Å²) in [5, 5.41) is 9.17. The van der Waals surface area contributed by atoms with Gasteiger partial charge in [0.2, 0.25) is 0 Å². The van der Waals surface area contributed by atoms with E-state index in [9.17, 15) is 14.5 Å². The highest BCUT2D eigenvalue weighted by Crippen LogP contribution is 2.55. The van der Waals surface area contributed by atoms with Crippen LogP contribution in [0.3, 0.4) is 0 Å². The molecule has 0 saturated heterocycles. The minimum absolute atomic E-state index is 0.413. The first kappa shape index (κ1) is 19.6. The summed E-state index contributed by atoms with van der Waals surface area (Å²) in [6.07, 6.45) is 1.60. The van der Waals surface area contributed by atoms with E-state index in [1.807, 2.05) is 0 Å². The molecule has 1 aliphatic carbocycles. The Labute approximate surface area is 131 Å². The Bertz CT molecular complexity index is 423. The number of phosphoric acid groups is 1. The van der Waals surface area contributed by atoms with E-state index < -0.39 is 37.4 Å². The average Bonchev–Trinajstić information content (AvgIpc) is 2.14. The highest BCUT2D eigenvalue weighted by Gasteiger charge is 2.47. The molecule has 1 fully saturated rings. The van der Waals surface area contributed by atoms with E-state index in [1.54, 1.807) is 41.5 Å². The summed E-state index contributed by atoms with van der Waals surface area (Å²) in [6, 6.07) is 0. The van der Waals surface area contributed by atoms with Crippen molar-refractivity contribution in [2.24, 2.45) is 0 Å². The maximum Gasteiger partial charge on any atom is 0.477 e. The molecule has 0 unspecified atom stereocenters. The molecule has 0 aliphatic heterocycles. The Balaban J connectivity index is 2.69. The van der Waals surface area contributed by atoms with Gasteiger partial charge in [0.15, 0.2) is 12.4 Å². The number of rotatable bonds is 7. The first-order valence-corrected chi connectivity index (χ1v) is 8.77. The van der Waals surface area contributed by atoms with Crippen LogP contribution in [0.4, 0.5) is 0 Å². The van der Waals surface area contributed by atoms with E-state index >= 15 is 0 Å². The van der Waals surface area contributed by atoms with E-state index in [2.05, 4.69) is 0 Å². The molecule has 0 bridgehead atoms. The number of aliphatic carboxylic acids is 1. The van der Waals surface area contributed by atoms with Crippen molar-refractivity contribution in [3.05, 3.63) is 0 Å². The van der Waals surface area contributed by atoms with Crippen LogP contribution < -0.4 is 0 Å². The number of phosphoric ester groups is 1. The summed E-state index contributed by atoms with van der Waals surface area (Å²) in [6.45, 7) is 9.87. The molecular formula is C14H27O7P. The van der Waals surface area contributed by atoms with Crippen LogP contribution in [0.25, 0.3) is 0 Å². The second-order valence-electron chi connectivity index (χ2n) is 7.40. The number of hydrogen-bond acceptors (Lipinski definition) is 6. The minimum Gasteiger partial charge on any atom is -0.479 e. The van der Waals surface area contributed by atoms with Crippen molar-refractivity contribution in [2.45, 2.75) is 77.6 Å². The third-order valence-corrected chi connectivity index (χ3v) is 4.83. The molecule has 0 amide bonds. The van der Waals surface area contributed by atoms with Crippen LogP contribution in [0.1, 0.15) is 60.8 Å². The molecule has 0 spiro atoms. The predicted molar refractivity (Wildman–Crippen MR) is 80.5 cm³/mol. The lowest BCUT2D eigenvalue weighted by Crippen LogP contribution is -2.48. The summed E-state index contributed by atoms with van der Waals surface area (Å²) in [5.74, 6) is -1.04. The fourth-order valence-electron chi connectivity index (χ4n) is 1.86. The number of carboxylic acids is 1. The topological polar surface area (TPSA) is 91.3 Å². The summed E-state index contributed by atoms with van der Waals surface area (Å²) >= 11 is 0. The Hall–Kier alpha value is -0.460. The summed E-state index contributed by atoms with van der Waals surface area (Å²) < 4.78 is 34.0. The van der Waals surface area contributed by atoms with Gasteiger partial charge in [-0.2, -0.15) is 0 Å². The van der Waals surface area contributed by atoms with Crippen molar-refractivity contribution in [3.8, 4) is 0 Å². The molecule has 1 N–H and O–H groups in total. The second-order valence-corrected chi connectivity index (χ2v) is 8.92. The highest BCUT2D eigenvalue weighted by molar-refractivity contribution is 7.48. The molecule has 0 aromatic rings. The molecule has 8 heteroatoms. The van der Waals surface area contributed by atoms with Crippen molar-refractivity contribution in [3.63, 3.8) is 0 Å². The van der Waals surface area contributed by atoms with Gasteiger partial charge in [-0.1, -0.05) is 0 Å². The van der Waals surface area contributed by atoms with Gasteiger partial charge >= 0.3 is 13.8 Å². The molecule has 0 aromatic carbocycles. The van der Waals surface area contributed by atoms with Gasteiger partial charge < -0.3 is 9.84 Å². The van der Waals surface area contributed by atoms with Crippen molar-refractivity contribution < 1.29 is 32.8 Å². The Morgan fingerprint density at radius 2 is 1.55 bits per heavy atom. The highest BCUT2D eigenvalue weighted by atomic mass is 31.2. The molecule has 1 saturated carbocycles. The maximum absolute atomic E-state index is 12.7. The summed E-state index contributed by atoms with van der Waals surface area (Å²) in [5.41, 5.74) is -2.74. The molecule has 0 atom stereocenters. The third-order valence-electron chi connectivity index (χ3n) is 2.87. The van der Waals surface area contributed by atoms with Gasteiger partial charge in [0, 0.05) is 0 Å². The van der Waals surface area contributed by atoms with Gasteiger partial charge in [-0.25, -0.2) is 9.36 Å². The molecule has 0 heterocycles. The minimum atomic E-state index is -3.88. The van der Waals surface area contributed by atoms with Gasteiger partial charge in [-0.05, 0) is 60.8 Å². The third kappa shape index (κ3) is 5.97. The standard InChI is InChI=1S/C14H27O7P/c1-12(2,3)20-22(17,21-13(4,5)6)19-10-18-14(11(15)16)8-7-9-14/h7-10H2,1-6H3,(H,15,16). The molecule has 1 rings (SSSR count). The van der Waals surface area contributed by atoms with Crippen LogP contribution in [-0.4, -0.2) is 34.7 Å². The SMILES string of the molecule is CC(C)(C)OP(=O)(OCOC1(C(=O)O)CCC1)OC(C)(C)C. The van der Waals surface area contributed by atoms with E-state index in [-0.39, 0.29) is 0 Å². The van der Waals surface area contributed by atoms with Crippen molar-refractivity contribution in [1.82, 2.24) is 0 Å². The van der Waals surface area contributed by atoms with Crippen LogP contribution in [-0.2, 0) is 27.7 Å². The lowest BCUT2D eigenvalue weighted by Gasteiger charge is -2.37. The average molecular weight is 338 g/mol. The van der Waals surface area contributed by atoms with Gasteiger partial charge in [-0.15, -0.1) is 0 Å². The first-order chi connectivity index (χ1) is 9.77. The quantitative estimate of drug-likeness (QED) is 0.558. The Morgan fingerprint density at radius 1 is 1.09 bits per heavy atom. The van der Waals surface area contributed by atoms with Crippen molar-refractivity contribution >= 4 is 13.8 Å². The second kappa shape index (κ2) is 6.57. The molecule has 22 heavy (non-hydrogen) atoms. The molecular weight excluding hydrogens is 311 g/mol. The van der Waals surface area contributed by atoms with E-state index in [1.165, 1.54) is 0 Å². The van der Waals surface area contributed by atoms with Crippen LogP contribution >= 0.6 is 7.82 Å². The van der Waals surface area contributed by atoms with Crippen LogP contribution in [0, 0.1) is 0 Å². The zero-order valence-electron chi connectivity index (χ0n) is 14.2. The Morgan fingerprint density at radius 3 is 1.82 bits per heavy atom. The monoisotopic (exact) mass is 338 g/mol. The zero-order valence-corrected chi connectivity index (χ0v) is 15.1. The molecule has 7 nitrogen and oxygen atoms in total. The van der Waals surface area contributed by atoms with E-state index in [0.29, 0.717) is 12.8 Å². The number of hydrogen-bond donors (Lipinski definition) is 1. The van der Waals surface area contributed by atoms with Crippen LogP contribution in [0.5, 0.6) is 0 Å². The predicted octanol–water partition coefficient (Wildman–Crippen LogP) is 3.72. The van der Waals surface area contributed by atoms with Gasteiger partial charge in [0.1, 0.15) is 0 Å². The number of carbonyl (C=O) groups is 1. The van der Waals surface area contributed by atoms with E-state index in [4.69, 9.17) is 18.3 Å². The fraction of sp³-hybridized carbons (Fsp3) is 0.929. The molecule has 0 aromatic heterocycles. The zero-order chi connectivity index (χ0) is 17.2. The van der Waals surface area contributed by atoms with Gasteiger partial charge in [0.05, 0.1) is 11.2 Å². The van der Waals surface area contributed by atoms with Crippen LogP contribution in [0.15, 0.2) is 0 Å². The maximum atomic E-state index is 12.7. The van der Waals surface area contributed by atoms with E-state index in [0.717, 1.165) is 6.42 Å². The normalized spacial score (nSPS) is 18.8. The lowest BCUT2D eigenvalue weighted by molar-refractivity contribution is -0.194. The summed E-state index contributed by atoms with van der Waals surface area (Å²) in [4.78, 5) is 11.2. The van der Waals surface area contributed by atoms with Crippen molar-refractivity contribution in [2.75, 3.05) is 6.79 Å².